The normalized spacial score (nSPS) is 11.0. The van der Waals surface area contributed by atoms with Gasteiger partial charge in [-0.15, -0.1) is 0 Å². The van der Waals surface area contributed by atoms with Gasteiger partial charge in [0.2, 0.25) is 0 Å². The lowest BCUT2D eigenvalue weighted by Crippen LogP contribution is -2.37. The Bertz CT molecular complexity index is 252. The Hall–Kier alpha value is -0.970. The van der Waals surface area contributed by atoms with E-state index < -0.39 is 6.16 Å². The summed E-state index contributed by atoms with van der Waals surface area (Å²) in [6, 6.07) is 0. The van der Waals surface area contributed by atoms with Crippen molar-refractivity contribution in [2.24, 2.45) is 0 Å². The van der Waals surface area contributed by atoms with E-state index >= 15 is 0 Å². The fourth-order valence-corrected chi connectivity index (χ4v) is 0.900. The van der Waals surface area contributed by atoms with Crippen molar-refractivity contribution >= 4 is 6.16 Å². The zero-order valence-corrected chi connectivity index (χ0v) is 17.7. The molecule has 0 unspecified atom stereocenters. The second-order valence-electron chi connectivity index (χ2n) is 8.46. The SMILES string of the molecule is C[N+](C)(C)CCO.C[N+](C)(C)CCO.C[N+](C)(C)CCO.O=C([O-])[O-]. The second-order valence-corrected chi connectivity index (χ2v) is 8.46. The molecule has 0 saturated carbocycles. The van der Waals surface area contributed by atoms with Crippen molar-refractivity contribution in [1.82, 2.24) is 0 Å². The summed E-state index contributed by atoms with van der Waals surface area (Å²) in [5, 5.41) is 41.8. The molecule has 0 aliphatic carbocycles. The Morgan fingerprint density at radius 1 is 0.600 bits per heavy atom. The molecule has 9 nitrogen and oxygen atoms in total. The monoisotopic (exact) mass is 372 g/mol. The fourth-order valence-electron chi connectivity index (χ4n) is 0.900. The van der Waals surface area contributed by atoms with E-state index in [2.05, 4.69) is 63.4 Å². The van der Waals surface area contributed by atoms with Crippen LogP contribution in [-0.4, -0.2) is 138 Å². The van der Waals surface area contributed by atoms with Gasteiger partial charge in [-0.3, -0.25) is 0 Å². The molecule has 0 atom stereocenters. The Morgan fingerprint density at radius 3 is 0.720 bits per heavy atom. The van der Waals surface area contributed by atoms with Gasteiger partial charge in [0, 0.05) is 0 Å². The van der Waals surface area contributed by atoms with Crippen LogP contribution in [0.15, 0.2) is 0 Å². The van der Waals surface area contributed by atoms with Gasteiger partial charge in [0.05, 0.1) is 83.2 Å². The summed E-state index contributed by atoms with van der Waals surface area (Å²) in [6.45, 7) is 3.34. The van der Waals surface area contributed by atoms with Crippen LogP contribution < -0.4 is 10.2 Å². The van der Waals surface area contributed by atoms with Crippen LogP contribution in [0.2, 0.25) is 0 Å². The first-order valence-electron chi connectivity index (χ1n) is 8.03. The maximum Gasteiger partial charge on any atom is 0.101 e. The van der Waals surface area contributed by atoms with Crippen molar-refractivity contribution in [2.45, 2.75) is 0 Å². The van der Waals surface area contributed by atoms with Crippen molar-refractivity contribution in [3.8, 4) is 0 Å². The van der Waals surface area contributed by atoms with Crippen molar-refractivity contribution in [1.29, 1.82) is 0 Å². The number of aliphatic hydroxyl groups excluding tert-OH is 3. The van der Waals surface area contributed by atoms with E-state index in [4.69, 9.17) is 30.3 Å². The van der Waals surface area contributed by atoms with Crippen molar-refractivity contribution in [3.05, 3.63) is 0 Å². The first-order chi connectivity index (χ1) is 10.9. The van der Waals surface area contributed by atoms with Crippen LogP contribution in [0.1, 0.15) is 0 Å². The van der Waals surface area contributed by atoms with Gasteiger partial charge in [-0.1, -0.05) is 0 Å². The molecular weight excluding hydrogens is 330 g/mol. The summed E-state index contributed by atoms with van der Waals surface area (Å²) in [4.78, 5) is 8.33. The van der Waals surface area contributed by atoms with Crippen LogP contribution >= 0.6 is 0 Å². The van der Waals surface area contributed by atoms with Gasteiger partial charge < -0.3 is 43.8 Å². The smallest absolute Gasteiger partial charge is 0.101 e. The number of aliphatic hydroxyl groups is 3. The van der Waals surface area contributed by atoms with E-state index in [-0.39, 0.29) is 19.8 Å². The molecule has 0 bridgehead atoms. The largest absolute Gasteiger partial charge is 0.652 e. The van der Waals surface area contributed by atoms with Gasteiger partial charge in [0.1, 0.15) is 19.6 Å². The number of carboxylic acid groups (broad SMARTS) is 2. The predicted molar refractivity (Wildman–Crippen MR) is 95.4 cm³/mol. The lowest BCUT2D eigenvalue weighted by atomic mass is 10.5. The van der Waals surface area contributed by atoms with E-state index in [1.807, 2.05) is 0 Å². The summed E-state index contributed by atoms with van der Waals surface area (Å²) < 4.78 is 2.53. The van der Waals surface area contributed by atoms with Crippen molar-refractivity contribution < 1.29 is 43.8 Å². The number of quaternary nitrogens is 3. The highest BCUT2D eigenvalue weighted by molar-refractivity contribution is 5.47. The third-order valence-electron chi connectivity index (χ3n) is 2.31. The third kappa shape index (κ3) is 83.7. The summed E-state index contributed by atoms with van der Waals surface area (Å²) in [5.41, 5.74) is 0. The van der Waals surface area contributed by atoms with Crippen LogP contribution in [0.5, 0.6) is 0 Å². The van der Waals surface area contributed by atoms with Gasteiger partial charge in [-0.25, -0.2) is 0 Å². The molecule has 0 fully saturated rings. The molecule has 0 spiro atoms. The number of carbonyl (C=O) groups excluding carboxylic acids is 1. The zero-order chi connectivity index (χ0) is 21.3. The van der Waals surface area contributed by atoms with E-state index in [1.54, 1.807) is 0 Å². The van der Waals surface area contributed by atoms with E-state index in [0.717, 1.165) is 33.1 Å². The lowest BCUT2D eigenvalue weighted by Gasteiger charge is -2.21. The molecule has 0 heterocycles. The van der Waals surface area contributed by atoms with Crippen molar-refractivity contribution in [3.63, 3.8) is 0 Å². The van der Waals surface area contributed by atoms with Gasteiger partial charge in [-0.2, -0.15) is 0 Å². The van der Waals surface area contributed by atoms with Crippen LogP contribution in [0.4, 0.5) is 4.79 Å². The molecule has 0 radical (unpaired) electrons. The molecular formula is C16H42N3O6+. The molecule has 0 saturated heterocycles. The van der Waals surface area contributed by atoms with E-state index in [0.29, 0.717) is 0 Å². The average molecular weight is 373 g/mol. The fraction of sp³-hybridized carbons (Fsp3) is 0.938. The molecule has 0 rings (SSSR count). The van der Waals surface area contributed by atoms with E-state index in [1.165, 1.54) is 0 Å². The first kappa shape index (κ1) is 31.8. The van der Waals surface area contributed by atoms with Gasteiger partial charge in [0.25, 0.3) is 0 Å². The third-order valence-corrected chi connectivity index (χ3v) is 2.31. The minimum atomic E-state index is -2.33. The quantitative estimate of drug-likeness (QED) is 0.418. The highest BCUT2D eigenvalue weighted by atomic mass is 16.6. The molecule has 3 N–H and O–H groups in total. The van der Waals surface area contributed by atoms with Crippen LogP contribution in [0.25, 0.3) is 0 Å². The number of hydrogen-bond acceptors (Lipinski definition) is 6. The molecule has 9 heteroatoms. The molecule has 0 aromatic heterocycles. The van der Waals surface area contributed by atoms with Gasteiger partial charge in [-0.05, 0) is 6.16 Å². The zero-order valence-electron chi connectivity index (χ0n) is 17.7. The van der Waals surface area contributed by atoms with E-state index in [9.17, 15) is 0 Å². The van der Waals surface area contributed by atoms with Gasteiger partial charge in [0.15, 0.2) is 0 Å². The molecule has 0 aromatic rings. The topological polar surface area (TPSA) is 124 Å². The molecule has 0 aliphatic rings. The first-order valence-corrected chi connectivity index (χ1v) is 8.03. The second kappa shape index (κ2) is 16.5. The Kier molecular flexibility index (Phi) is 21.0. The molecule has 25 heavy (non-hydrogen) atoms. The molecule has 0 aliphatic heterocycles. The number of nitrogens with zero attached hydrogens (tertiary/aromatic N) is 3. The predicted octanol–water partition coefficient (Wildman–Crippen LogP) is -3.39. The molecule has 0 amide bonds. The maximum atomic E-state index is 8.39. The Labute approximate surface area is 153 Å². The van der Waals surface area contributed by atoms with Crippen LogP contribution in [0.3, 0.4) is 0 Å². The summed E-state index contributed by atoms with van der Waals surface area (Å²) in [7, 11) is 18.5. The van der Waals surface area contributed by atoms with Gasteiger partial charge >= 0.3 is 0 Å². The number of rotatable bonds is 6. The van der Waals surface area contributed by atoms with Crippen molar-refractivity contribution in [2.75, 3.05) is 103 Å². The number of likely N-dealkylation sites (N-methyl/N-ethyl adjacent to an activating group) is 3. The average Bonchev–Trinajstić information content (AvgIpc) is 2.24. The number of hydrogen-bond donors (Lipinski definition) is 3. The Morgan fingerprint density at radius 2 is 0.720 bits per heavy atom. The lowest BCUT2D eigenvalue weighted by molar-refractivity contribution is -0.870. The minimum absolute atomic E-state index is 0.281. The molecule has 156 valence electrons. The maximum absolute atomic E-state index is 8.39. The summed E-state index contributed by atoms with van der Waals surface area (Å²) >= 11 is 0. The minimum Gasteiger partial charge on any atom is -0.652 e. The summed E-state index contributed by atoms with van der Waals surface area (Å²) in [6.07, 6.45) is -2.33. The van der Waals surface area contributed by atoms with Crippen LogP contribution in [-0.2, 0) is 0 Å². The highest BCUT2D eigenvalue weighted by Crippen LogP contribution is 1.85. The highest BCUT2D eigenvalue weighted by Gasteiger charge is 2.03. The summed E-state index contributed by atoms with van der Waals surface area (Å²) in [5.74, 6) is 0. The standard InChI is InChI=1S/3C5H14NO.CH2O3/c3*1-6(2,3)4-5-7;2-1(3)4/h3*7H,4-5H2,1-3H3;(H2,2,3,4)/q3*+1;/p-2. The number of carbonyl (C=O) groups is 1. The van der Waals surface area contributed by atoms with Crippen LogP contribution in [0, 0.1) is 0 Å². The Balaban J connectivity index is -0.000000120. The molecule has 0 aromatic carbocycles.